The van der Waals surface area contributed by atoms with Crippen molar-refractivity contribution in [3.05, 3.63) is 24.5 Å². The number of nitrogens with one attached hydrogen (secondary N) is 2. The van der Waals surface area contributed by atoms with E-state index in [9.17, 15) is 0 Å². The third-order valence-electron chi connectivity index (χ3n) is 4.32. The van der Waals surface area contributed by atoms with E-state index in [-0.39, 0.29) is 0 Å². The number of pyridine rings is 1. The number of hydrogen-bond donors (Lipinski definition) is 2. The van der Waals surface area contributed by atoms with E-state index in [0.29, 0.717) is 17.9 Å². The summed E-state index contributed by atoms with van der Waals surface area (Å²) < 4.78 is 5.27. The Hall–Kier alpha value is -2.22. The molecule has 0 aliphatic carbocycles. The minimum absolute atomic E-state index is 0.529. The highest BCUT2D eigenvalue weighted by atomic mass is 32.2. The van der Waals surface area contributed by atoms with Gasteiger partial charge in [0.2, 0.25) is 11.8 Å². The van der Waals surface area contributed by atoms with Crippen molar-refractivity contribution in [3.63, 3.8) is 0 Å². The van der Waals surface area contributed by atoms with Gasteiger partial charge >= 0.3 is 0 Å². The van der Waals surface area contributed by atoms with Gasteiger partial charge in [0.25, 0.3) is 0 Å². The number of methoxy groups -OCH3 is 1. The maximum absolute atomic E-state index is 5.27. The van der Waals surface area contributed by atoms with Crippen LogP contribution in [-0.4, -0.2) is 46.3 Å². The molecule has 1 saturated heterocycles. The lowest BCUT2D eigenvalue weighted by Crippen LogP contribution is -2.38. The first-order chi connectivity index (χ1) is 11.8. The molecule has 0 spiro atoms. The standard InChI is InChI=1S/C16H20N6OS/c1-23-15-12(3-2-6-17-15)20-16-18-9-13-14(21-16)22(10-19-13)11-4-7-24-8-5-11/h2-3,6,9,11,19H,4-5,7-8,10H2,1H3,(H,18,20,21). The number of thioether (sulfide) groups is 1. The van der Waals surface area contributed by atoms with Crippen LogP contribution in [0.1, 0.15) is 12.8 Å². The van der Waals surface area contributed by atoms with Gasteiger partial charge in [-0.3, -0.25) is 0 Å². The normalized spacial score (nSPS) is 17.3. The molecule has 0 aromatic carbocycles. The maximum Gasteiger partial charge on any atom is 0.237 e. The lowest BCUT2D eigenvalue weighted by atomic mass is 10.1. The highest BCUT2D eigenvalue weighted by molar-refractivity contribution is 7.99. The lowest BCUT2D eigenvalue weighted by molar-refractivity contribution is 0.400. The molecular formula is C16H20N6OS. The van der Waals surface area contributed by atoms with Gasteiger partial charge in [-0.15, -0.1) is 0 Å². The van der Waals surface area contributed by atoms with Gasteiger partial charge in [-0.25, -0.2) is 9.97 Å². The molecule has 0 saturated carbocycles. The molecule has 0 unspecified atom stereocenters. The molecule has 1 fully saturated rings. The van der Waals surface area contributed by atoms with Crippen LogP contribution in [0, 0.1) is 0 Å². The quantitative estimate of drug-likeness (QED) is 0.877. The Kier molecular flexibility index (Phi) is 4.29. The summed E-state index contributed by atoms with van der Waals surface area (Å²) in [5, 5.41) is 6.60. The fraction of sp³-hybridized carbons (Fsp3) is 0.438. The maximum atomic E-state index is 5.27. The average Bonchev–Trinajstić information content (AvgIpc) is 3.06. The summed E-state index contributed by atoms with van der Waals surface area (Å²) in [5.41, 5.74) is 1.75. The van der Waals surface area contributed by atoms with E-state index in [1.54, 1.807) is 13.3 Å². The Morgan fingerprint density at radius 2 is 2.21 bits per heavy atom. The number of nitrogens with zero attached hydrogens (tertiary/aromatic N) is 4. The lowest BCUT2D eigenvalue weighted by Gasteiger charge is -2.31. The van der Waals surface area contributed by atoms with Gasteiger partial charge in [0.05, 0.1) is 25.7 Å². The largest absolute Gasteiger partial charge is 0.480 e. The fourth-order valence-electron chi connectivity index (χ4n) is 3.09. The topological polar surface area (TPSA) is 75.2 Å². The van der Waals surface area contributed by atoms with Crippen molar-refractivity contribution in [1.29, 1.82) is 0 Å². The van der Waals surface area contributed by atoms with Crippen LogP contribution in [0.15, 0.2) is 24.5 Å². The molecule has 8 heteroatoms. The van der Waals surface area contributed by atoms with Crippen LogP contribution in [0.5, 0.6) is 5.88 Å². The summed E-state index contributed by atoms with van der Waals surface area (Å²) in [6.45, 7) is 0.805. The molecule has 2 aliphatic heterocycles. The molecule has 0 atom stereocenters. The second-order valence-electron chi connectivity index (χ2n) is 5.76. The molecule has 0 amide bonds. The van der Waals surface area contributed by atoms with Crippen LogP contribution >= 0.6 is 11.8 Å². The number of ether oxygens (including phenoxy) is 1. The minimum Gasteiger partial charge on any atom is -0.480 e. The summed E-state index contributed by atoms with van der Waals surface area (Å²) in [5.74, 6) is 4.51. The van der Waals surface area contributed by atoms with Gasteiger partial charge in [0.1, 0.15) is 5.69 Å². The molecule has 126 valence electrons. The van der Waals surface area contributed by atoms with E-state index in [0.717, 1.165) is 23.9 Å². The number of rotatable bonds is 4. The molecule has 0 bridgehead atoms. The Morgan fingerprint density at radius 1 is 1.33 bits per heavy atom. The molecule has 7 nitrogen and oxygen atoms in total. The second-order valence-corrected chi connectivity index (χ2v) is 6.99. The molecule has 4 heterocycles. The summed E-state index contributed by atoms with van der Waals surface area (Å²) in [7, 11) is 1.60. The van der Waals surface area contributed by atoms with Crippen LogP contribution in [-0.2, 0) is 0 Å². The number of anilines is 4. The zero-order valence-corrected chi connectivity index (χ0v) is 14.3. The zero-order valence-electron chi connectivity index (χ0n) is 13.5. The first-order valence-electron chi connectivity index (χ1n) is 8.06. The SMILES string of the molecule is COc1ncccc1Nc1ncc2c(n1)N(C1CCSCC1)CN2. The van der Waals surface area contributed by atoms with Crippen molar-refractivity contribution < 1.29 is 4.74 Å². The molecule has 2 aromatic rings. The van der Waals surface area contributed by atoms with Gasteiger partial charge in [-0.2, -0.15) is 16.7 Å². The Morgan fingerprint density at radius 3 is 3.04 bits per heavy atom. The predicted octanol–water partition coefficient (Wildman–Crippen LogP) is 2.71. The van der Waals surface area contributed by atoms with Crippen molar-refractivity contribution >= 4 is 34.9 Å². The van der Waals surface area contributed by atoms with Crippen LogP contribution in [0.4, 0.5) is 23.1 Å². The molecule has 2 N–H and O–H groups in total. The Balaban J connectivity index is 1.58. The van der Waals surface area contributed by atoms with Crippen molar-refractivity contribution in [2.45, 2.75) is 18.9 Å². The highest BCUT2D eigenvalue weighted by Gasteiger charge is 2.29. The average molecular weight is 344 g/mol. The van der Waals surface area contributed by atoms with Crippen molar-refractivity contribution in [3.8, 4) is 5.88 Å². The zero-order chi connectivity index (χ0) is 16.4. The summed E-state index contributed by atoms with van der Waals surface area (Å²) in [6, 6.07) is 4.30. The van der Waals surface area contributed by atoms with Gasteiger partial charge < -0.3 is 20.3 Å². The summed E-state index contributed by atoms with van der Waals surface area (Å²) >= 11 is 2.03. The van der Waals surface area contributed by atoms with Crippen LogP contribution in [0.25, 0.3) is 0 Å². The minimum atomic E-state index is 0.529. The Bertz CT molecular complexity index is 721. The molecular weight excluding hydrogens is 324 g/mol. The van der Waals surface area contributed by atoms with Crippen LogP contribution in [0.3, 0.4) is 0 Å². The molecule has 24 heavy (non-hydrogen) atoms. The number of hydrogen-bond acceptors (Lipinski definition) is 8. The van der Waals surface area contributed by atoms with E-state index in [4.69, 9.17) is 9.72 Å². The fourth-order valence-corrected chi connectivity index (χ4v) is 4.17. The van der Waals surface area contributed by atoms with E-state index in [1.165, 1.54) is 24.3 Å². The van der Waals surface area contributed by atoms with Crippen LogP contribution in [0.2, 0.25) is 0 Å². The second kappa shape index (κ2) is 6.72. The monoisotopic (exact) mass is 344 g/mol. The van der Waals surface area contributed by atoms with E-state index in [1.807, 2.05) is 30.1 Å². The number of fused-ring (bicyclic) bond motifs is 1. The van der Waals surface area contributed by atoms with Gasteiger partial charge in [0, 0.05) is 12.2 Å². The third kappa shape index (κ3) is 2.93. The van der Waals surface area contributed by atoms with Crippen molar-refractivity contribution in [2.75, 3.05) is 40.8 Å². The summed E-state index contributed by atoms with van der Waals surface area (Å²) in [4.78, 5) is 15.7. The molecule has 2 aliphatic rings. The van der Waals surface area contributed by atoms with Gasteiger partial charge in [-0.1, -0.05) is 0 Å². The van der Waals surface area contributed by atoms with E-state index < -0.39 is 0 Å². The smallest absolute Gasteiger partial charge is 0.237 e. The van der Waals surface area contributed by atoms with Crippen molar-refractivity contribution in [2.24, 2.45) is 0 Å². The summed E-state index contributed by atoms with van der Waals surface area (Å²) in [6.07, 6.45) is 5.94. The van der Waals surface area contributed by atoms with Gasteiger partial charge in [0.15, 0.2) is 5.82 Å². The molecule has 0 radical (unpaired) electrons. The first kappa shape index (κ1) is 15.3. The predicted molar refractivity (Wildman–Crippen MR) is 97.4 cm³/mol. The molecule has 2 aromatic heterocycles. The third-order valence-corrected chi connectivity index (χ3v) is 5.37. The van der Waals surface area contributed by atoms with Crippen LogP contribution < -0.4 is 20.3 Å². The highest BCUT2D eigenvalue weighted by Crippen LogP contribution is 2.35. The Labute approximate surface area is 145 Å². The first-order valence-corrected chi connectivity index (χ1v) is 9.22. The van der Waals surface area contributed by atoms with Gasteiger partial charge in [-0.05, 0) is 36.5 Å². The van der Waals surface area contributed by atoms with E-state index in [2.05, 4.69) is 25.5 Å². The van der Waals surface area contributed by atoms with E-state index >= 15 is 0 Å². The number of aromatic nitrogens is 3. The van der Waals surface area contributed by atoms with Crippen molar-refractivity contribution in [1.82, 2.24) is 15.0 Å². The molecule has 4 rings (SSSR count).